The molecule has 18 heavy (non-hydrogen) atoms. The summed E-state index contributed by atoms with van der Waals surface area (Å²) in [6.07, 6.45) is 5.21. The van der Waals surface area contributed by atoms with Gasteiger partial charge in [0.2, 0.25) is 0 Å². The third-order valence-electron chi connectivity index (χ3n) is 3.10. The van der Waals surface area contributed by atoms with Crippen LogP contribution >= 0.6 is 0 Å². The van der Waals surface area contributed by atoms with Gasteiger partial charge in [0.1, 0.15) is 0 Å². The van der Waals surface area contributed by atoms with Crippen molar-refractivity contribution in [3.8, 4) is 0 Å². The van der Waals surface area contributed by atoms with E-state index in [1.54, 1.807) is 18.6 Å². The van der Waals surface area contributed by atoms with Crippen LogP contribution in [0.4, 0.5) is 0 Å². The number of nitrogens with one attached hydrogen (secondary N) is 1. The van der Waals surface area contributed by atoms with Gasteiger partial charge in [-0.2, -0.15) is 0 Å². The SMILES string of the molecule is Cc1ccc(C(C)NCc2cnccn2)c(C)c1. The smallest absolute Gasteiger partial charge is 0.0724 e. The van der Waals surface area contributed by atoms with Crippen molar-refractivity contribution in [2.45, 2.75) is 33.4 Å². The maximum absolute atomic E-state index is 4.26. The fourth-order valence-corrected chi connectivity index (χ4v) is 2.10. The summed E-state index contributed by atoms with van der Waals surface area (Å²) in [5, 5.41) is 3.47. The molecule has 1 atom stereocenters. The average Bonchev–Trinajstić information content (AvgIpc) is 2.37. The molecule has 0 amide bonds. The van der Waals surface area contributed by atoms with Gasteiger partial charge in [0.05, 0.1) is 5.69 Å². The number of rotatable bonds is 4. The highest BCUT2D eigenvalue weighted by molar-refractivity contribution is 5.32. The normalized spacial score (nSPS) is 12.4. The summed E-state index contributed by atoms with van der Waals surface area (Å²) in [6.45, 7) is 7.19. The third-order valence-corrected chi connectivity index (χ3v) is 3.10. The molecule has 94 valence electrons. The second-order valence-electron chi connectivity index (χ2n) is 4.66. The van der Waals surface area contributed by atoms with Crippen LogP contribution in [0.25, 0.3) is 0 Å². The van der Waals surface area contributed by atoms with Gasteiger partial charge in [-0.3, -0.25) is 9.97 Å². The van der Waals surface area contributed by atoms with Gasteiger partial charge in [0, 0.05) is 31.2 Å². The minimum atomic E-state index is 0.313. The molecule has 2 rings (SSSR count). The van der Waals surface area contributed by atoms with E-state index in [1.165, 1.54) is 16.7 Å². The van der Waals surface area contributed by atoms with Crippen molar-refractivity contribution in [2.75, 3.05) is 0 Å². The molecule has 0 spiro atoms. The zero-order valence-corrected chi connectivity index (χ0v) is 11.1. The van der Waals surface area contributed by atoms with Crippen LogP contribution in [0.3, 0.4) is 0 Å². The molecule has 0 radical (unpaired) electrons. The van der Waals surface area contributed by atoms with Crippen molar-refractivity contribution < 1.29 is 0 Å². The quantitative estimate of drug-likeness (QED) is 0.894. The first-order chi connectivity index (χ1) is 8.66. The number of nitrogens with zero attached hydrogens (tertiary/aromatic N) is 2. The van der Waals surface area contributed by atoms with Gasteiger partial charge in [-0.25, -0.2) is 0 Å². The lowest BCUT2D eigenvalue weighted by Crippen LogP contribution is -2.19. The van der Waals surface area contributed by atoms with Crippen LogP contribution in [0.15, 0.2) is 36.8 Å². The number of aryl methyl sites for hydroxylation is 2. The summed E-state index contributed by atoms with van der Waals surface area (Å²) in [4.78, 5) is 8.32. The van der Waals surface area contributed by atoms with Crippen molar-refractivity contribution >= 4 is 0 Å². The Kier molecular flexibility index (Phi) is 4.05. The van der Waals surface area contributed by atoms with Gasteiger partial charge in [-0.05, 0) is 31.9 Å². The maximum Gasteiger partial charge on any atom is 0.0724 e. The second kappa shape index (κ2) is 5.74. The number of hydrogen-bond acceptors (Lipinski definition) is 3. The fourth-order valence-electron chi connectivity index (χ4n) is 2.10. The first kappa shape index (κ1) is 12.7. The first-order valence-electron chi connectivity index (χ1n) is 6.22. The van der Waals surface area contributed by atoms with E-state index in [0.29, 0.717) is 6.04 Å². The van der Waals surface area contributed by atoms with Crippen molar-refractivity contribution in [1.82, 2.24) is 15.3 Å². The lowest BCUT2D eigenvalue weighted by Gasteiger charge is -2.16. The molecule has 1 aromatic carbocycles. The Morgan fingerprint density at radius 2 is 2.06 bits per heavy atom. The van der Waals surface area contributed by atoms with Gasteiger partial charge in [0.15, 0.2) is 0 Å². The lowest BCUT2D eigenvalue weighted by atomic mass is 10.0. The molecule has 2 aromatic rings. The average molecular weight is 241 g/mol. The summed E-state index contributed by atoms with van der Waals surface area (Å²) >= 11 is 0. The van der Waals surface area contributed by atoms with Crippen LogP contribution in [-0.2, 0) is 6.54 Å². The number of benzene rings is 1. The second-order valence-corrected chi connectivity index (χ2v) is 4.66. The third kappa shape index (κ3) is 3.14. The predicted octanol–water partition coefficient (Wildman–Crippen LogP) is 2.94. The molecular weight excluding hydrogens is 222 g/mol. The van der Waals surface area contributed by atoms with Crippen molar-refractivity contribution in [3.05, 3.63) is 59.2 Å². The van der Waals surface area contributed by atoms with Crippen LogP contribution in [0.2, 0.25) is 0 Å². The Labute approximate surface area is 108 Å². The molecule has 0 saturated heterocycles. The molecule has 0 fully saturated rings. The van der Waals surface area contributed by atoms with E-state index >= 15 is 0 Å². The summed E-state index contributed by atoms with van der Waals surface area (Å²) in [5.74, 6) is 0. The van der Waals surface area contributed by atoms with Gasteiger partial charge < -0.3 is 5.32 Å². The van der Waals surface area contributed by atoms with E-state index in [1.807, 2.05) is 0 Å². The monoisotopic (exact) mass is 241 g/mol. The number of hydrogen-bond donors (Lipinski definition) is 1. The number of aromatic nitrogens is 2. The molecule has 1 heterocycles. The van der Waals surface area contributed by atoms with Crippen molar-refractivity contribution in [2.24, 2.45) is 0 Å². The summed E-state index contributed by atoms with van der Waals surface area (Å²) in [6, 6.07) is 6.88. The van der Waals surface area contributed by atoms with Gasteiger partial charge in [-0.15, -0.1) is 0 Å². The van der Waals surface area contributed by atoms with E-state index in [2.05, 4.69) is 54.3 Å². The maximum atomic E-state index is 4.26. The topological polar surface area (TPSA) is 37.8 Å². The Bertz CT molecular complexity index is 508. The molecule has 0 aliphatic carbocycles. The van der Waals surface area contributed by atoms with Crippen LogP contribution < -0.4 is 5.32 Å². The Balaban J connectivity index is 2.01. The molecule has 0 saturated carbocycles. The van der Waals surface area contributed by atoms with Gasteiger partial charge in [-0.1, -0.05) is 23.8 Å². The van der Waals surface area contributed by atoms with Crippen molar-refractivity contribution in [3.63, 3.8) is 0 Å². The first-order valence-corrected chi connectivity index (χ1v) is 6.22. The Morgan fingerprint density at radius 1 is 1.22 bits per heavy atom. The highest BCUT2D eigenvalue weighted by atomic mass is 14.9. The van der Waals surface area contributed by atoms with E-state index in [0.717, 1.165) is 12.2 Å². The minimum absolute atomic E-state index is 0.313. The van der Waals surface area contributed by atoms with Gasteiger partial charge >= 0.3 is 0 Å². The molecule has 3 nitrogen and oxygen atoms in total. The molecular formula is C15H19N3. The summed E-state index contributed by atoms with van der Waals surface area (Å²) in [7, 11) is 0. The Hall–Kier alpha value is -1.74. The van der Waals surface area contributed by atoms with Crippen LogP contribution in [-0.4, -0.2) is 9.97 Å². The molecule has 0 aliphatic rings. The van der Waals surface area contributed by atoms with E-state index in [9.17, 15) is 0 Å². The standard InChI is InChI=1S/C15H19N3/c1-11-4-5-15(12(2)8-11)13(3)18-10-14-9-16-6-7-17-14/h4-9,13,18H,10H2,1-3H3. The molecule has 0 aliphatic heterocycles. The zero-order chi connectivity index (χ0) is 13.0. The van der Waals surface area contributed by atoms with Crippen molar-refractivity contribution in [1.29, 1.82) is 0 Å². The van der Waals surface area contributed by atoms with E-state index < -0.39 is 0 Å². The van der Waals surface area contributed by atoms with Crippen LogP contribution in [0, 0.1) is 13.8 Å². The van der Waals surface area contributed by atoms with Crippen LogP contribution in [0.1, 0.15) is 35.3 Å². The van der Waals surface area contributed by atoms with E-state index in [4.69, 9.17) is 0 Å². The zero-order valence-electron chi connectivity index (χ0n) is 11.1. The highest BCUT2D eigenvalue weighted by Crippen LogP contribution is 2.18. The largest absolute Gasteiger partial charge is 0.304 e. The summed E-state index contributed by atoms with van der Waals surface area (Å²) in [5.41, 5.74) is 4.94. The van der Waals surface area contributed by atoms with Gasteiger partial charge in [0.25, 0.3) is 0 Å². The van der Waals surface area contributed by atoms with Crippen LogP contribution in [0.5, 0.6) is 0 Å². The molecule has 3 heteroatoms. The minimum Gasteiger partial charge on any atom is -0.304 e. The predicted molar refractivity (Wildman–Crippen MR) is 73.2 cm³/mol. The highest BCUT2D eigenvalue weighted by Gasteiger charge is 2.08. The Morgan fingerprint density at radius 3 is 2.72 bits per heavy atom. The summed E-state index contributed by atoms with van der Waals surface area (Å²) < 4.78 is 0. The van der Waals surface area contributed by atoms with E-state index in [-0.39, 0.29) is 0 Å². The molecule has 0 bridgehead atoms. The molecule has 1 N–H and O–H groups in total. The molecule has 1 unspecified atom stereocenters. The lowest BCUT2D eigenvalue weighted by molar-refractivity contribution is 0.564. The molecule has 1 aromatic heterocycles. The fraction of sp³-hybridized carbons (Fsp3) is 0.333.